The molecule has 7 nitrogen and oxygen atoms in total. The first-order chi connectivity index (χ1) is 11.9. The van der Waals surface area contributed by atoms with Gasteiger partial charge in [0.2, 0.25) is 5.82 Å². The lowest BCUT2D eigenvalue weighted by Gasteiger charge is -2.33. The summed E-state index contributed by atoms with van der Waals surface area (Å²) in [5.74, 6) is 1.85. The van der Waals surface area contributed by atoms with Crippen molar-refractivity contribution in [3.05, 3.63) is 60.5 Å². The van der Waals surface area contributed by atoms with Gasteiger partial charge in [-0.2, -0.15) is 10.1 Å². The first-order valence-electron chi connectivity index (χ1n) is 7.96. The topological polar surface area (TPSA) is 75.2 Å². The Labute approximate surface area is 139 Å². The molecule has 2 aromatic heterocycles. The zero-order chi connectivity index (χ0) is 16.2. The number of hydrogen-bond donors (Lipinski definition) is 0. The summed E-state index contributed by atoms with van der Waals surface area (Å²) in [6.07, 6.45) is 5.17. The highest BCUT2D eigenvalue weighted by Gasteiger charge is 2.42. The molecule has 0 bridgehead atoms. The lowest BCUT2D eigenvalue weighted by Crippen LogP contribution is -2.41. The Morgan fingerprint density at radius 3 is 2.71 bits per heavy atom. The van der Waals surface area contributed by atoms with E-state index >= 15 is 0 Å². The van der Waals surface area contributed by atoms with Crippen LogP contribution in [0.2, 0.25) is 0 Å². The number of para-hydroxylation sites is 1. The van der Waals surface area contributed by atoms with Crippen molar-refractivity contribution in [2.45, 2.75) is 25.0 Å². The zero-order valence-corrected chi connectivity index (χ0v) is 13.2. The number of benzene rings is 1. The molecule has 0 spiro atoms. The van der Waals surface area contributed by atoms with Gasteiger partial charge in [0.1, 0.15) is 11.3 Å². The fourth-order valence-electron chi connectivity index (χ4n) is 2.94. The molecule has 1 aliphatic heterocycles. The maximum atomic E-state index is 5.68. The maximum Gasteiger partial charge on any atom is 0.254 e. The molecule has 0 radical (unpaired) electrons. The molecule has 3 aromatic rings. The predicted octanol–water partition coefficient (Wildman–Crippen LogP) is 2.40. The van der Waals surface area contributed by atoms with Gasteiger partial charge in [-0.05, 0) is 18.2 Å². The van der Waals surface area contributed by atoms with Crippen LogP contribution in [0.25, 0.3) is 0 Å². The van der Waals surface area contributed by atoms with E-state index in [0.29, 0.717) is 24.9 Å². The fraction of sp³-hybridized carbons (Fsp3) is 0.353. The molecule has 24 heavy (non-hydrogen) atoms. The SMILES string of the molecule is c1ccc(OCc2noc(C3(n4cccn4)CCOCC3)n2)cc1. The number of ether oxygens (including phenoxy) is 2. The molecule has 124 valence electrons. The van der Waals surface area contributed by atoms with Gasteiger partial charge in [0.05, 0.1) is 0 Å². The van der Waals surface area contributed by atoms with E-state index in [1.54, 1.807) is 6.20 Å². The third-order valence-corrected chi connectivity index (χ3v) is 4.24. The number of rotatable bonds is 5. The van der Waals surface area contributed by atoms with Gasteiger partial charge in [0.25, 0.3) is 5.89 Å². The van der Waals surface area contributed by atoms with Crippen LogP contribution in [-0.4, -0.2) is 33.1 Å². The largest absolute Gasteiger partial charge is 0.485 e. The van der Waals surface area contributed by atoms with Crippen molar-refractivity contribution in [2.24, 2.45) is 0 Å². The minimum Gasteiger partial charge on any atom is -0.485 e. The van der Waals surface area contributed by atoms with Crippen molar-refractivity contribution in [3.8, 4) is 5.75 Å². The average Bonchev–Trinajstić information content (AvgIpc) is 3.34. The van der Waals surface area contributed by atoms with E-state index in [1.807, 2.05) is 47.3 Å². The van der Waals surface area contributed by atoms with Crippen LogP contribution in [0.3, 0.4) is 0 Å². The van der Waals surface area contributed by atoms with E-state index in [0.717, 1.165) is 18.6 Å². The summed E-state index contributed by atoms with van der Waals surface area (Å²) in [7, 11) is 0. The Bertz CT molecular complexity index is 764. The molecule has 1 fully saturated rings. The van der Waals surface area contributed by atoms with Crippen LogP contribution in [0.4, 0.5) is 0 Å². The fourth-order valence-corrected chi connectivity index (χ4v) is 2.94. The van der Waals surface area contributed by atoms with Gasteiger partial charge in [-0.15, -0.1) is 0 Å². The van der Waals surface area contributed by atoms with Crippen molar-refractivity contribution in [2.75, 3.05) is 13.2 Å². The number of hydrogen-bond acceptors (Lipinski definition) is 6. The molecular weight excluding hydrogens is 308 g/mol. The van der Waals surface area contributed by atoms with E-state index in [-0.39, 0.29) is 6.61 Å². The minimum absolute atomic E-state index is 0.263. The van der Waals surface area contributed by atoms with E-state index in [4.69, 9.17) is 14.0 Å². The van der Waals surface area contributed by atoms with Gasteiger partial charge >= 0.3 is 0 Å². The zero-order valence-electron chi connectivity index (χ0n) is 13.2. The number of aromatic nitrogens is 4. The molecule has 1 saturated heterocycles. The minimum atomic E-state index is -0.445. The highest BCUT2D eigenvalue weighted by Crippen LogP contribution is 2.34. The van der Waals surface area contributed by atoms with Gasteiger partial charge in [-0.3, -0.25) is 4.68 Å². The van der Waals surface area contributed by atoms with Crippen molar-refractivity contribution in [3.63, 3.8) is 0 Å². The first kappa shape index (κ1) is 14.9. The summed E-state index contributed by atoms with van der Waals surface area (Å²) >= 11 is 0. The molecule has 0 atom stereocenters. The first-order valence-corrected chi connectivity index (χ1v) is 7.96. The third-order valence-electron chi connectivity index (χ3n) is 4.24. The summed E-state index contributed by atoms with van der Waals surface area (Å²) in [4.78, 5) is 4.56. The molecule has 3 heterocycles. The van der Waals surface area contributed by atoms with E-state index in [1.165, 1.54) is 0 Å². The normalized spacial score (nSPS) is 16.8. The summed E-state index contributed by atoms with van der Waals surface area (Å²) in [5, 5.41) is 8.46. The smallest absolute Gasteiger partial charge is 0.254 e. The highest BCUT2D eigenvalue weighted by molar-refractivity contribution is 5.21. The average molecular weight is 326 g/mol. The second kappa shape index (κ2) is 6.45. The van der Waals surface area contributed by atoms with Crippen LogP contribution < -0.4 is 4.74 Å². The second-order valence-electron chi connectivity index (χ2n) is 5.71. The highest BCUT2D eigenvalue weighted by atomic mass is 16.5. The van der Waals surface area contributed by atoms with Crippen LogP contribution in [0.1, 0.15) is 24.6 Å². The van der Waals surface area contributed by atoms with Crippen LogP contribution >= 0.6 is 0 Å². The molecule has 1 aliphatic rings. The lowest BCUT2D eigenvalue weighted by atomic mass is 9.90. The molecule has 7 heteroatoms. The molecule has 0 unspecified atom stereocenters. The van der Waals surface area contributed by atoms with E-state index in [9.17, 15) is 0 Å². The quantitative estimate of drug-likeness (QED) is 0.717. The van der Waals surface area contributed by atoms with Crippen molar-refractivity contribution < 1.29 is 14.0 Å². The van der Waals surface area contributed by atoms with Crippen molar-refractivity contribution in [1.82, 2.24) is 19.9 Å². The molecule has 4 rings (SSSR count). The maximum absolute atomic E-state index is 5.68. The monoisotopic (exact) mass is 326 g/mol. The summed E-state index contributed by atoms with van der Waals surface area (Å²) < 4.78 is 18.6. The van der Waals surface area contributed by atoms with Crippen LogP contribution in [-0.2, 0) is 16.9 Å². The Morgan fingerprint density at radius 2 is 1.96 bits per heavy atom. The van der Waals surface area contributed by atoms with Gasteiger partial charge < -0.3 is 14.0 Å². The summed E-state index contributed by atoms with van der Waals surface area (Å²) in [6.45, 7) is 1.54. The van der Waals surface area contributed by atoms with Crippen LogP contribution in [0.15, 0.2) is 53.3 Å². The van der Waals surface area contributed by atoms with Gasteiger partial charge in [0.15, 0.2) is 6.61 Å². The standard InChI is InChI=1S/C17H18N4O3/c1-2-5-14(6-3-1)23-13-15-19-16(24-20-15)17(7-11-22-12-8-17)21-10-4-9-18-21/h1-6,9-10H,7-8,11-13H2. The molecular formula is C17H18N4O3. The molecule has 0 aliphatic carbocycles. The summed E-state index contributed by atoms with van der Waals surface area (Å²) in [5.41, 5.74) is -0.445. The second-order valence-corrected chi connectivity index (χ2v) is 5.71. The lowest BCUT2D eigenvalue weighted by molar-refractivity contribution is 0.0196. The predicted molar refractivity (Wildman–Crippen MR) is 84.4 cm³/mol. The van der Waals surface area contributed by atoms with Crippen LogP contribution in [0, 0.1) is 0 Å². The molecule has 1 aromatic carbocycles. The molecule has 0 amide bonds. The Kier molecular flexibility index (Phi) is 4.00. The Hall–Kier alpha value is -2.67. The summed E-state index contributed by atoms with van der Waals surface area (Å²) in [6, 6.07) is 11.5. The van der Waals surface area contributed by atoms with Crippen molar-refractivity contribution >= 4 is 0 Å². The van der Waals surface area contributed by atoms with Crippen LogP contribution in [0.5, 0.6) is 5.75 Å². The van der Waals surface area contributed by atoms with Crippen molar-refractivity contribution in [1.29, 1.82) is 0 Å². The van der Waals surface area contributed by atoms with Gasteiger partial charge in [0, 0.05) is 38.4 Å². The number of nitrogens with zero attached hydrogens (tertiary/aromatic N) is 4. The Balaban J connectivity index is 1.56. The van der Waals surface area contributed by atoms with E-state index in [2.05, 4.69) is 15.2 Å². The third kappa shape index (κ3) is 2.78. The van der Waals surface area contributed by atoms with Gasteiger partial charge in [-0.1, -0.05) is 23.4 Å². The van der Waals surface area contributed by atoms with Gasteiger partial charge in [-0.25, -0.2) is 0 Å². The molecule has 0 N–H and O–H groups in total. The molecule has 0 saturated carbocycles. The Morgan fingerprint density at radius 1 is 1.12 bits per heavy atom. The van der Waals surface area contributed by atoms with E-state index < -0.39 is 5.54 Å².